The van der Waals surface area contributed by atoms with Gasteiger partial charge in [0.2, 0.25) is 0 Å². The minimum Gasteiger partial charge on any atom is -0.324 e. The number of hydrogen-bond donors (Lipinski definition) is 1. The number of nitrogens with two attached hydrogens (primary N) is 1. The molecule has 0 aromatic rings. The van der Waals surface area contributed by atoms with E-state index in [1.807, 2.05) is 0 Å². The fourth-order valence-electron chi connectivity index (χ4n) is 2.77. The maximum atomic E-state index is 6.17. The van der Waals surface area contributed by atoms with E-state index in [1.165, 1.54) is 38.5 Å². The lowest BCUT2D eigenvalue weighted by Crippen LogP contribution is -2.44. The summed E-state index contributed by atoms with van der Waals surface area (Å²) >= 11 is 0. The molecule has 88 valence electrons. The summed E-state index contributed by atoms with van der Waals surface area (Å²) in [5.74, 6) is 0. The monoisotopic (exact) mass is 210 g/mol. The Kier molecular flexibility index (Phi) is 2.85. The molecule has 2 saturated carbocycles. The molecule has 0 atom stereocenters. The first-order chi connectivity index (χ1) is 6.90. The van der Waals surface area contributed by atoms with Gasteiger partial charge in [-0.25, -0.2) is 0 Å². The van der Waals surface area contributed by atoms with Crippen LogP contribution in [-0.4, -0.2) is 30.1 Å². The Hall–Kier alpha value is -0.0800. The van der Waals surface area contributed by atoms with Gasteiger partial charge in [0.05, 0.1) is 0 Å². The Morgan fingerprint density at radius 3 is 2.13 bits per heavy atom. The van der Waals surface area contributed by atoms with Crippen LogP contribution in [0.2, 0.25) is 0 Å². The molecule has 0 unspecified atom stereocenters. The van der Waals surface area contributed by atoms with E-state index in [0.717, 1.165) is 12.6 Å². The average molecular weight is 210 g/mol. The van der Waals surface area contributed by atoms with Gasteiger partial charge in [0.25, 0.3) is 0 Å². The minimum atomic E-state index is 0.182. The van der Waals surface area contributed by atoms with E-state index >= 15 is 0 Å². The van der Waals surface area contributed by atoms with Gasteiger partial charge in [0.15, 0.2) is 0 Å². The van der Waals surface area contributed by atoms with Crippen LogP contribution < -0.4 is 5.73 Å². The van der Waals surface area contributed by atoms with Crippen molar-refractivity contribution in [2.45, 2.75) is 64.0 Å². The van der Waals surface area contributed by atoms with Crippen molar-refractivity contribution in [1.82, 2.24) is 4.90 Å². The maximum Gasteiger partial charge on any atom is 0.0284 e. The number of hydrogen-bond acceptors (Lipinski definition) is 2. The van der Waals surface area contributed by atoms with Crippen molar-refractivity contribution in [1.29, 1.82) is 0 Å². The fraction of sp³-hybridized carbons (Fsp3) is 1.00. The van der Waals surface area contributed by atoms with Crippen LogP contribution in [-0.2, 0) is 0 Å². The molecule has 2 heteroatoms. The summed E-state index contributed by atoms with van der Waals surface area (Å²) in [4.78, 5) is 2.52. The zero-order valence-corrected chi connectivity index (χ0v) is 10.6. The molecule has 2 aliphatic carbocycles. The van der Waals surface area contributed by atoms with E-state index in [4.69, 9.17) is 5.73 Å². The van der Waals surface area contributed by atoms with Crippen molar-refractivity contribution in [3.8, 4) is 0 Å². The second-order valence-corrected chi connectivity index (χ2v) is 6.67. The first-order valence-electron chi connectivity index (χ1n) is 6.39. The Balaban J connectivity index is 1.79. The summed E-state index contributed by atoms with van der Waals surface area (Å²) in [5.41, 5.74) is 6.93. The van der Waals surface area contributed by atoms with Crippen molar-refractivity contribution >= 4 is 0 Å². The molecule has 0 amide bonds. The lowest BCUT2D eigenvalue weighted by Gasteiger charge is -2.39. The summed E-state index contributed by atoms with van der Waals surface area (Å²) in [6, 6.07) is 0.791. The molecule has 2 fully saturated rings. The number of rotatable bonds is 3. The van der Waals surface area contributed by atoms with Crippen molar-refractivity contribution in [2.24, 2.45) is 11.1 Å². The molecule has 15 heavy (non-hydrogen) atoms. The molecule has 2 aliphatic rings. The second kappa shape index (κ2) is 3.74. The third-order valence-corrected chi connectivity index (χ3v) is 4.39. The smallest absolute Gasteiger partial charge is 0.0284 e. The molecule has 2 rings (SSSR count). The molecule has 0 aliphatic heterocycles. The van der Waals surface area contributed by atoms with Gasteiger partial charge in [-0.1, -0.05) is 13.8 Å². The molecular formula is C13H26N2. The summed E-state index contributed by atoms with van der Waals surface area (Å²) < 4.78 is 0. The Morgan fingerprint density at radius 1 is 1.13 bits per heavy atom. The predicted octanol–water partition coefficient (Wildman–Crippen LogP) is 2.38. The summed E-state index contributed by atoms with van der Waals surface area (Å²) in [6.07, 6.45) is 7.93. The maximum absolute atomic E-state index is 6.17. The van der Waals surface area contributed by atoms with Crippen molar-refractivity contribution in [2.75, 3.05) is 13.6 Å². The van der Waals surface area contributed by atoms with Crippen molar-refractivity contribution in [3.05, 3.63) is 0 Å². The van der Waals surface area contributed by atoms with Gasteiger partial charge in [-0.3, -0.25) is 0 Å². The van der Waals surface area contributed by atoms with Crippen molar-refractivity contribution in [3.63, 3.8) is 0 Å². The third-order valence-electron chi connectivity index (χ3n) is 4.39. The normalized spacial score (nSPS) is 29.4. The first-order valence-corrected chi connectivity index (χ1v) is 6.39. The third kappa shape index (κ3) is 2.94. The zero-order valence-electron chi connectivity index (χ0n) is 10.6. The van der Waals surface area contributed by atoms with Crippen LogP contribution in [0.15, 0.2) is 0 Å². The van der Waals surface area contributed by atoms with Crippen LogP contribution in [0.4, 0.5) is 0 Å². The van der Waals surface area contributed by atoms with E-state index in [-0.39, 0.29) is 5.54 Å². The van der Waals surface area contributed by atoms with Gasteiger partial charge in [0, 0.05) is 18.1 Å². The van der Waals surface area contributed by atoms with Gasteiger partial charge in [0.1, 0.15) is 0 Å². The highest BCUT2D eigenvalue weighted by atomic mass is 15.2. The Labute approximate surface area is 94.2 Å². The van der Waals surface area contributed by atoms with Gasteiger partial charge in [-0.05, 0) is 51.0 Å². The van der Waals surface area contributed by atoms with Gasteiger partial charge >= 0.3 is 0 Å². The highest BCUT2D eigenvalue weighted by molar-refractivity contribution is 5.01. The lowest BCUT2D eigenvalue weighted by molar-refractivity contribution is 0.121. The SMILES string of the molecule is CN(CC1(N)CC1)C1CCC(C)(C)CC1. The van der Waals surface area contributed by atoms with Crippen LogP contribution >= 0.6 is 0 Å². The molecule has 0 aromatic carbocycles. The zero-order chi connectivity index (χ0) is 11.1. The molecule has 2 N–H and O–H groups in total. The van der Waals surface area contributed by atoms with Crippen LogP contribution in [0, 0.1) is 5.41 Å². The van der Waals surface area contributed by atoms with Crippen LogP contribution in [0.3, 0.4) is 0 Å². The Morgan fingerprint density at radius 2 is 1.67 bits per heavy atom. The van der Waals surface area contributed by atoms with E-state index in [0.29, 0.717) is 5.41 Å². The predicted molar refractivity (Wildman–Crippen MR) is 64.8 cm³/mol. The molecule has 0 aromatic heterocycles. The Bertz CT molecular complexity index is 221. The molecule has 0 heterocycles. The summed E-state index contributed by atoms with van der Waals surface area (Å²) in [5, 5.41) is 0. The molecule has 0 radical (unpaired) electrons. The molecular weight excluding hydrogens is 184 g/mol. The van der Waals surface area contributed by atoms with E-state index in [2.05, 4.69) is 25.8 Å². The molecule has 0 bridgehead atoms. The largest absolute Gasteiger partial charge is 0.324 e. The standard InChI is InChI=1S/C13H26N2/c1-12(2)6-4-11(5-7-12)15(3)10-13(14)8-9-13/h11H,4-10,14H2,1-3H3. The average Bonchev–Trinajstić information content (AvgIpc) is 2.82. The van der Waals surface area contributed by atoms with Crippen LogP contribution in [0.5, 0.6) is 0 Å². The molecule has 0 spiro atoms. The van der Waals surface area contributed by atoms with E-state index < -0.39 is 0 Å². The summed E-state index contributed by atoms with van der Waals surface area (Å²) in [7, 11) is 2.26. The first kappa shape index (κ1) is 11.4. The quantitative estimate of drug-likeness (QED) is 0.775. The van der Waals surface area contributed by atoms with Crippen molar-refractivity contribution < 1.29 is 0 Å². The van der Waals surface area contributed by atoms with Crippen LogP contribution in [0.25, 0.3) is 0 Å². The topological polar surface area (TPSA) is 29.3 Å². The summed E-state index contributed by atoms with van der Waals surface area (Å²) in [6.45, 7) is 5.90. The second-order valence-electron chi connectivity index (χ2n) is 6.67. The molecule has 2 nitrogen and oxygen atoms in total. The minimum absolute atomic E-state index is 0.182. The molecule has 0 saturated heterocycles. The van der Waals surface area contributed by atoms with Gasteiger partial charge in [-0.15, -0.1) is 0 Å². The number of likely N-dealkylation sites (N-methyl/N-ethyl adjacent to an activating group) is 1. The van der Waals surface area contributed by atoms with E-state index in [1.54, 1.807) is 0 Å². The highest BCUT2D eigenvalue weighted by Crippen LogP contribution is 2.38. The van der Waals surface area contributed by atoms with Crippen LogP contribution in [0.1, 0.15) is 52.4 Å². The lowest BCUT2D eigenvalue weighted by atomic mass is 9.75. The highest BCUT2D eigenvalue weighted by Gasteiger charge is 2.40. The van der Waals surface area contributed by atoms with E-state index in [9.17, 15) is 0 Å². The van der Waals surface area contributed by atoms with Gasteiger partial charge in [-0.2, -0.15) is 0 Å². The fourth-order valence-corrected chi connectivity index (χ4v) is 2.77. The van der Waals surface area contributed by atoms with Gasteiger partial charge < -0.3 is 10.6 Å². The number of nitrogens with zero attached hydrogens (tertiary/aromatic N) is 1.